The summed E-state index contributed by atoms with van der Waals surface area (Å²) in [5.41, 5.74) is 1.62. The number of aryl methyl sites for hydroxylation is 2. The summed E-state index contributed by atoms with van der Waals surface area (Å²) in [6, 6.07) is 13.8. The van der Waals surface area contributed by atoms with Crippen LogP contribution in [0.25, 0.3) is 0 Å². The Balaban J connectivity index is 1.73. The Labute approximate surface area is 168 Å². The van der Waals surface area contributed by atoms with Crippen molar-refractivity contribution >= 4 is 27.3 Å². The number of para-hydroxylation sites is 1. The molecule has 2 N–H and O–H groups in total. The predicted octanol–water partition coefficient (Wildman–Crippen LogP) is 3.90. The Morgan fingerprint density at radius 3 is 2.62 bits per heavy atom. The summed E-state index contributed by atoms with van der Waals surface area (Å²) in [5, 5.41) is 2.70. The molecule has 6 nitrogen and oxygen atoms in total. The summed E-state index contributed by atoms with van der Waals surface area (Å²) in [5.74, 6) is -0.920. The van der Waals surface area contributed by atoms with Crippen LogP contribution in [0.3, 0.4) is 0 Å². The minimum Gasteiger partial charge on any atom is -0.326 e. The van der Waals surface area contributed by atoms with Gasteiger partial charge in [-0.1, -0.05) is 24.3 Å². The lowest BCUT2D eigenvalue weighted by Crippen LogP contribution is -2.17. The first-order chi connectivity index (χ1) is 13.8. The maximum absolute atomic E-state index is 13.8. The van der Waals surface area contributed by atoms with E-state index in [1.165, 1.54) is 30.3 Å². The molecular formula is C21H20FN3O3S. The fourth-order valence-electron chi connectivity index (χ4n) is 2.74. The Bertz CT molecular complexity index is 1120. The van der Waals surface area contributed by atoms with Gasteiger partial charge in [-0.3, -0.25) is 14.5 Å². The highest BCUT2D eigenvalue weighted by molar-refractivity contribution is 7.92. The number of nitrogens with one attached hydrogen (secondary N) is 2. The molecule has 3 aromatic rings. The van der Waals surface area contributed by atoms with Crippen LogP contribution in [0, 0.1) is 12.7 Å². The first-order valence-electron chi connectivity index (χ1n) is 8.92. The predicted molar refractivity (Wildman–Crippen MR) is 110 cm³/mol. The van der Waals surface area contributed by atoms with E-state index in [4.69, 9.17) is 0 Å². The van der Waals surface area contributed by atoms with Crippen LogP contribution in [0.4, 0.5) is 15.8 Å². The van der Waals surface area contributed by atoms with Crippen LogP contribution >= 0.6 is 0 Å². The normalized spacial score (nSPS) is 11.1. The lowest BCUT2D eigenvalue weighted by Gasteiger charge is -2.13. The SMILES string of the molecule is Cc1ccc(NC(=O)CCc2cccnc2)cc1S(=O)(=O)Nc1ccccc1F. The highest BCUT2D eigenvalue weighted by atomic mass is 32.2. The van der Waals surface area contributed by atoms with E-state index in [2.05, 4.69) is 15.0 Å². The van der Waals surface area contributed by atoms with E-state index < -0.39 is 15.8 Å². The Kier molecular flexibility index (Phi) is 6.23. The molecule has 150 valence electrons. The van der Waals surface area contributed by atoms with Gasteiger partial charge in [0.05, 0.1) is 10.6 Å². The van der Waals surface area contributed by atoms with E-state index in [0.29, 0.717) is 17.7 Å². The second kappa shape index (κ2) is 8.83. The molecule has 0 atom stereocenters. The maximum atomic E-state index is 13.8. The van der Waals surface area contributed by atoms with Crippen LogP contribution in [-0.2, 0) is 21.2 Å². The largest absolute Gasteiger partial charge is 0.326 e. The monoisotopic (exact) mass is 413 g/mol. The first-order valence-corrected chi connectivity index (χ1v) is 10.4. The topological polar surface area (TPSA) is 88.2 Å². The molecule has 1 amide bonds. The zero-order valence-electron chi connectivity index (χ0n) is 15.7. The fraction of sp³-hybridized carbons (Fsp3) is 0.143. The molecule has 0 aliphatic carbocycles. The summed E-state index contributed by atoms with van der Waals surface area (Å²) in [4.78, 5) is 16.2. The third-order valence-corrected chi connectivity index (χ3v) is 5.75. The van der Waals surface area contributed by atoms with Crippen LogP contribution in [0.15, 0.2) is 71.9 Å². The number of halogens is 1. The maximum Gasteiger partial charge on any atom is 0.262 e. The molecule has 0 saturated carbocycles. The number of rotatable bonds is 7. The van der Waals surface area contributed by atoms with Gasteiger partial charge in [0.1, 0.15) is 5.82 Å². The number of hydrogen-bond donors (Lipinski definition) is 2. The number of hydrogen-bond acceptors (Lipinski definition) is 4. The van der Waals surface area contributed by atoms with E-state index in [1.54, 1.807) is 37.5 Å². The number of pyridine rings is 1. The zero-order chi connectivity index (χ0) is 20.9. The fourth-order valence-corrected chi connectivity index (χ4v) is 4.08. The summed E-state index contributed by atoms with van der Waals surface area (Å²) >= 11 is 0. The summed E-state index contributed by atoms with van der Waals surface area (Å²) < 4.78 is 41.5. The van der Waals surface area contributed by atoms with Crippen molar-refractivity contribution in [2.45, 2.75) is 24.7 Å². The number of anilines is 2. The lowest BCUT2D eigenvalue weighted by molar-refractivity contribution is -0.116. The molecule has 3 rings (SSSR count). The van der Waals surface area contributed by atoms with Crippen LogP contribution in [0.2, 0.25) is 0 Å². The summed E-state index contributed by atoms with van der Waals surface area (Å²) in [7, 11) is -4.03. The second-order valence-corrected chi connectivity index (χ2v) is 8.13. The van der Waals surface area contributed by atoms with Gasteiger partial charge in [0, 0.05) is 24.5 Å². The van der Waals surface area contributed by atoms with E-state index in [1.807, 2.05) is 6.07 Å². The molecule has 0 aliphatic heterocycles. The molecule has 0 fully saturated rings. The van der Waals surface area contributed by atoms with Crippen molar-refractivity contribution in [3.05, 3.63) is 83.9 Å². The lowest BCUT2D eigenvalue weighted by atomic mass is 10.1. The molecule has 2 aromatic carbocycles. The van der Waals surface area contributed by atoms with E-state index in [-0.39, 0.29) is 22.9 Å². The molecular weight excluding hydrogens is 393 g/mol. The van der Waals surface area contributed by atoms with Crippen molar-refractivity contribution in [3.8, 4) is 0 Å². The number of benzene rings is 2. The van der Waals surface area contributed by atoms with E-state index in [9.17, 15) is 17.6 Å². The van der Waals surface area contributed by atoms with Crippen LogP contribution < -0.4 is 10.0 Å². The Morgan fingerprint density at radius 1 is 1.10 bits per heavy atom. The highest BCUT2D eigenvalue weighted by Crippen LogP contribution is 2.24. The van der Waals surface area contributed by atoms with Gasteiger partial charge in [-0.15, -0.1) is 0 Å². The van der Waals surface area contributed by atoms with Gasteiger partial charge in [0.15, 0.2) is 0 Å². The summed E-state index contributed by atoms with van der Waals surface area (Å²) in [6.07, 6.45) is 4.10. The standard InChI is InChI=1S/C21H20FN3O3S/c1-15-8-10-17(24-21(26)11-9-16-5-4-12-23-14-16)13-20(15)29(27,28)25-19-7-3-2-6-18(19)22/h2-8,10,12-14,25H,9,11H2,1H3,(H,24,26). The van der Waals surface area contributed by atoms with Gasteiger partial charge in [0.25, 0.3) is 10.0 Å². The molecule has 0 unspecified atom stereocenters. The molecule has 0 saturated heterocycles. The van der Waals surface area contributed by atoms with Gasteiger partial charge in [-0.2, -0.15) is 0 Å². The number of carbonyl (C=O) groups excluding carboxylic acids is 1. The van der Waals surface area contributed by atoms with Gasteiger partial charge in [0.2, 0.25) is 5.91 Å². The van der Waals surface area contributed by atoms with Crippen molar-refractivity contribution in [3.63, 3.8) is 0 Å². The smallest absolute Gasteiger partial charge is 0.262 e. The molecule has 0 bridgehead atoms. The van der Waals surface area contributed by atoms with Crippen LogP contribution in [0.1, 0.15) is 17.5 Å². The van der Waals surface area contributed by atoms with Gasteiger partial charge in [-0.25, -0.2) is 12.8 Å². The molecule has 8 heteroatoms. The first kappa shape index (κ1) is 20.5. The number of amides is 1. The highest BCUT2D eigenvalue weighted by Gasteiger charge is 2.19. The van der Waals surface area contributed by atoms with Crippen molar-refractivity contribution in [1.82, 2.24) is 4.98 Å². The molecule has 29 heavy (non-hydrogen) atoms. The average molecular weight is 413 g/mol. The Morgan fingerprint density at radius 2 is 1.90 bits per heavy atom. The molecule has 1 aromatic heterocycles. The number of nitrogens with zero attached hydrogens (tertiary/aromatic N) is 1. The van der Waals surface area contributed by atoms with Gasteiger partial charge >= 0.3 is 0 Å². The quantitative estimate of drug-likeness (QED) is 0.615. The van der Waals surface area contributed by atoms with Crippen molar-refractivity contribution < 1.29 is 17.6 Å². The van der Waals surface area contributed by atoms with E-state index in [0.717, 1.165) is 5.56 Å². The number of carbonyl (C=O) groups is 1. The Hall–Kier alpha value is -3.26. The molecule has 1 heterocycles. The summed E-state index contributed by atoms with van der Waals surface area (Å²) in [6.45, 7) is 1.63. The van der Waals surface area contributed by atoms with E-state index >= 15 is 0 Å². The zero-order valence-corrected chi connectivity index (χ0v) is 16.5. The second-order valence-electron chi connectivity index (χ2n) is 6.48. The van der Waals surface area contributed by atoms with Gasteiger partial charge < -0.3 is 5.32 Å². The van der Waals surface area contributed by atoms with Crippen molar-refractivity contribution in [2.75, 3.05) is 10.0 Å². The minimum absolute atomic E-state index is 0.0363. The van der Waals surface area contributed by atoms with Gasteiger partial charge in [-0.05, 0) is 54.8 Å². The van der Waals surface area contributed by atoms with Crippen molar-refractivity contribution in [2.24, 2.45) is 0 Å². The molecule has 0 aliphatic rings. The van der Waals surface area contributed by atoms with Crippen LogP contribution in [0.5, 0.6) is 0 Å². The number of sulfonamides is 1. The van der Waals surface area contributed by atoms with Crippen molar-refractivity contribution in [1.29, 1.82) is 0 Å². The third-order valence-electron chi connectivity index (χ3n) is 4.24. The molecule has 0 radical (unpaired) electrons. The molecule has 0 spiro atoms. The average Bonchev–Trinajstić information content (AvgIpc) is 2.70. The third kappa shape index (κ3) is 5.39. The minimum atomic E-state index is -4.03. The van der Waals surface area contributed by atoms with Crippen LogP contribution in [-0.4, -0.2) is 19.3 Å². The number of aromatic nitrogens is 1.